The predicted molar refractivity (Wildman–Crippen MR) is 76.8 cm³/mol. The molecule has 0 aromatic heterocycles. The zero-order chi connectivity index (χ0) is 14.1. The Morgan fingerprint density at radius 2 is 1.79 bits per heavy atom. The summed E-state index contributed by atoms with van der Waals surface area (Å²) < 4.78 is 0. The SMILES string of the molecule is CCCCN(CC(=O)NC1CCCCCC1)C(C)=O. The van der Waals surface area contributed by atoms with Crippen LogP contribution in [-0.4, -0.2) is 35.8 Å². The summed E-state index contributed by atoms with van der Waals surface area (Å²) in [7, 11) is 0. The molecule has 1 aliphatic carbocycles. The normalized spacial score (nSPS) is 16.7. The fraction of sp³-hybridized carbons (Fsp3) is 0.867. The Kier molecular flexibility index (Phi) is 7.53. The number of nitrogens with zero attached hydrogens (tertiary/aromatic N) is 1. The van der Waals surface area contributed by atoms with Crippen LogP contribution in [-0.2, 0) is 9.59 Å². The van der Waals surface area contributed by atoms with Gasteiger partial charge in [-0.25, -0.2) is 0 Å². The third-order valence-corrected chi connectivity index (χ3v) is 3.78. The number of carbonyl (C=O) groups excluding carboxylic acids is 2. The number of amides is 2. The highest BCUT2D eigenvalue weighted by molar-refractivity contribution is 5.83. The van der Waals surface area contributed by atoms with Gasteiger partial charge in [-0.3, -0.25) is 9.59 Å². The molecule has 110 valence electrons. The van der Waals surface area contributed by atoms with Gasteiger partial charge in [-0.1, -0.05) is 39.0 Å². The minimum atomic E-state index is -0.00975. The summed E-state index contributed by atoms with van der Waals surface area (Å²) in [6.45, 7) is 4.52. The Morgan fingerprint density at radius 1 is 1.16 bits per heavy atom. The van der Waals surface area contributed by atoms with Gasteiger partial charge in [-0.15, -0.1) is 0 Å². The Morgan fingerprint density at radius 3 is 2.32 bits per heavy atom. The van der Waals surface area contributed by atoms with Crippen molar-refractivity contribution < 1.29 is 9.59 Å². The first-order valence-electron chi connectivity index (χ1n) is 7.68. The minimum absolute atomic E-state index is 0.00166. The van der Waals surface area contributed by atoms with Gasteiger partial charge in [0, 0.05) is 19.5 Å². The second-order valence-electron chi connectivity index (χ2n) is 5.55. The van der Waals surface area contributed by atoms with Crippen molar-refractivity contribution in [2.24, 2.45) is 0 Å². The maximum Gasteiger partial charge on any atom is 0.239 e. The molecule has 1 saturated carbocycles. The lowest BCUT2D eigenvalue weighted by molar-refractivity contribution is -0.134. The van der Waals surface area contributed by atoms with Crippen molar-refractivity contribution >= 4 is 11.8 Å². The molecule has 0 radical (unpaired) electrons. The van der Waals surface area contributed by atoms with E-state index in [9.17, 15) is 9.59 Å². The van der Waals surface area contributed by atoms with Gasteiger partial charge in [0.15, 0.2) is 0 Å². The van der Waals surface area contributed by atoms with Crippen LogP contribution in [0.25, 0.3) is 0 Å². The molecule has 2 amide bonds. The molecule has 0 saturated heterocycles. The van der Waals surface area contributed by atoms with Crippen molar-refractivity contribution in [2.45, 2.75) is 71.3 Å². The zero-order valence-corrected chi connectivity index (χ0v) is 12.4. The van der Waals surface area contributed by atoms with Gasteiger partial charge in [0.2, 0.25) is 11.8 Å². The number of unbranched alkanes of at least 4 members (excludes halogenated alkanes) is 1. The Hall–Kier alpha value is -1.06. The van der Waals surface area contributed by atoms with Crippen LogP contribution >= 0.6 is 0 Å². The summed E-state index contributed by atoms with van der Waals surface area (Å²) in [6.07, 6.45) is 9.13. The van der Waals surface area contributed by atoms with E-state index < -0.39 is 0 Å². The van der Waals surface area contributed by atoms with Gasteiger partial charge >= 0.3 is 0 Å². The average Bonchev–Trinajstić information content (AvgIpc) is 2.62. The monoisotopic (exact) mass is 268 g/mol. The van der Waals surface area contributed by atoms with E-state index in [1.807, 2.05) is 0 Å². The average molecular weight is 268 g/mol. The van der Waals surface area contributed by atoms with Crippen molar-refractivity contribution in [3.63, 3.8) is 0 Å². The van der Waals surface area contributed by atoms with Gasteiger partial charge in [0.25, 0.3) is 0 Å². The molecular weight excluding hydrogens is 240 g/mol. The van der Waals surface area contributed by atoms with E-state index in [1.165, 1.54) is 32.6 Å². The number of hydrogen-bond acceptors (Lipinski definition) is 2. The molecule has 0 spiro atoms. The molecule has 1 N–H and O–H groups in total. The Bertz CT molecular complexity index is 284. The highest BCUT2D eigenvalue weighted by Crippen LogP contribution is 2.17. The third-order valence-electron chi connectivity index (χ3n) is 3.78. The summed E-state index contributed by atoms with van der Waals surface area (Å²) in [6, 6.07) is 0.315. The predicted octanol–water partition coefficient (Wildman–Crippen LogP) is 2.47. The fourth-order valence-corrected chi connectivity index (χ4v) is 2.57. The maximum absolute atomic E-state index is 12.0. The van der Waals surface area contributed by atoms with Crippen LogP contribution in [0.2, 0.25) is 0 Å². The standard InChI is InChI=1S/C15H28N2O2/c1-3-4-11-17(13(2)18)12-15(19)16-14-9-7-5-6-8-10-14/h14H,3-12H2,1-2H3,(H,16,19). The summed E-state index contributed by atoms with van der Waals surface area (Å²) in [4.78, 5) is 25.1. The molecule has 1 aliphatic rings. The van der Waals surface area contributed by atoms with E-state index >= 15 is 0 Å². The molecule has 0 atom stereocenters. The summed E-state index contributed by atoms with van der Waals surface area (Å²) in [5.74, 6) is -0.0114. The summed E-state index contributed by atoms with van der Waals surface area (Å²) >= 11 is 0. The lowest BCUT2D eigenvalue weighted by Crippen LogP contribution is -2.43. The van der Waals surface area contributed by atoms with E-state index in [-0.39, 0.29) is 18.4 Å². The van der Waals surface area contributed by atoms with Gasteiger partial charge in [-0.05, 0) is 19.3 Å². The van der Waals surface area contributed by atoms with Crippen molar-refractivity contribution in [1.82, 2.24) is 10.2 Å². The molecule has 0 aromatic carbocycles. The smallest absolute Gasteiger partial charge is 0.239 e. The molecule has 1 fully saturated rings. The molecule has 4 heteroatoms. The van der Waals surface area contributed by atoms with Crippen LogP contribution in [0.15, 0.2) is 0 Å². The third kappa shape index (κ3) is 6.60. The molecule has 0 aromatic rings. The molecule has 0 unspecified atom stereocenters. The lowest BCUT2D eigenvalue weighted by Gasteiger charge is -2.22. The van der Waals surface area contributed by atoms with Crippen molar-refractivity contribution in [3.8, 4) is 0 Å². The number of nitrogens with one attached hydrogen (secondary N) is 1. The molecule has 1 rings (SSSR count). The Balaban J connectivity index is 2.36. The molecule has 4 nitrogen and oxygen atoms in total. The van der Waals surface area contributed by atoms with Crippen molar-refractivity contribution in [2.75, 3.05) is 13.1 Å². The molecule has 0 bridgehead atoms. The van der Waals surface area contributed by atoms with E-state index in [2.05, 4.69) is 12.2 Å². The minimum Gasteiger partial charge on any atom is -0.352 e. The molecule has 0 aliphatic heterocycles. The van der Waals surface area contributed by atoms with E-state index in [0.717, 1.165) is 25.7 Å². The summed E-state index contributed by atoms with van der Waals surface area (Å²) in [5, 5.41) is 3.09. The topological polar surface area (TPSA) is 49.4 Å². The number of carbonyl (C=O) groups is 2. The second kappa shape index (κ2) is 8.94. The lowest BCUT2D eigenvalue weighted by atomic mass is 10.1. The molecule has 19 heavy (non-hydrogen) atoms. The highest BCUT2D eigenvalue weighted by Gasteiger charge is 2.17. The van der Waals surface area contributed by atoms with E-state index in [0.29, 0.717) is 12.6 Å². The van der Waals surface area contributed by atoms with Crippen LogP contribution in [0, 0.1) is 0 Å². The van der Waals surface area contributed by atoms with E-state index in [1.54, 1.807) is 4.90 Å². The number of hydrogen-bond donors (Lipinski definition) is 1. The van der Waals surface area contributed by atoms with E-state index in [4.69, 9.17) is 0 Å². The van der Waals surface area contributed by atoms with Crippen LogP contribution in [0.1, 0.15) is 65.2 Å². The molecular formula is C15H28N2O2. The largest absolute Gasteiger partial charge is 0.352 e. The zero-order valence-electron chi connectivity index (χ0n) is 12.4. The fourth-order valence-electron chi connectivity index (χ4n) is 2.57. The van der Waals surface area contributed by atoms with Gasteiger partial charge in [0.1, 0.15) is 0 Å². The maximum atomic E-state index is 12.0. The van der Waals surface area contributed by atoms with Crippen LogP contribution < -0.4 is 5.32 Å². The van der Waals surface area contributed by atoms with Gasteiger partial charge in [0.05, 0.1) is 6.54 Å². The number of rotatable bonds is 6. The highest BCUT2D eigenvalue weighted by atomic mass is 16.2. The van der Waals surface area contributed by atoms with Gasteiger partial charge < -0.3 is 10.2 Å². The summed E-state index contributed by atoms with van der Waals surface area (Å²) in [5.41, 5.74) is 0. The molecule has 0 heterocycles. The van der Waals surface area contributed by atoms with Crippen LogP contribution in [0.3, 0.4) is 0 Å². The quantitative estimate of drug-likeness (QED) is 0.752. The van der Waals surface area contributed by atoms with Gasteiger partial charge in [-0.2, -0.15) is 0 Å². The first kappa shape index (κ1) is 16.0. The van der Waals surface area contributed by atoms with Crippen molar-refractivity contribution in [3.05, 3.63) is 0 Å². The second-order valence-corrected chi connectivity index (χ2v) is 5.55. The first-order valence-corrected chi connectivity index (χ1v) is 7.68. The first-order chi connectivity index (χ1) is 9.13. The van der Waals surface area contributed by atoms with Crippen LogP contribution in [0.5, 0.6) is 0 Å². The van der Waals surface area contributed by atoms with Crippen LogP contribution in [0.4, 0.5) is 0 Å². The van der Waals surface area contributed by atoms with Crippen molar-refractivity contribution in [1.29, 1.82) is 0 Å². The Labute approximate surface area is 116 Å².